The van der Waals surface area contributed by atoms with Crippen molar-refractivity contribution in [2.45, 2.75) is 40.2 Å². The molecule has 1 atom stereocenters. The van der Waals surface area contributed by atoms with Gasteiger partial charge in [-0.2, -0.15) is 4.98 Å². The fraction of sp³-hybridized carbons (Fsp3) is 0.346. The molecule has 0 radical (unpaired) electrons. The molecule has 0 spiro atoms. The number of amides is 2. The highest BCUT2D eigenvalue weighted by molar-refractivity contribution is 6.30. The summed E-state index contributed by atoms with van der Waals surface area (Å²) in [4.78, 5) is 19.5. The smallest absolute Gasteiger partial charge is 0.322 e. The number of aromatic nitrogens is 2. The number of aryl methyl sites for hydroxylation is 2. The lowest BCUT2D eigenvalue weighted by Gasteiger charge is -2.35. The predicted molar refractivity (Wildman–Crippen MR) is 132 cm³/mol. The van der Waals surface area contributed by atoms with Crippen LogP contribution in [0.4, 0.5) is 4.79 Å². The standard InChI is InChI=1S/C26H29ClN4O3/c1-5-33-14-6-13-31-18(4)22(23(28-26(31)32)20-8-7-16(2)17(3)15-20)25-29-24(30-34-25)19-9-11-21(27)12-10-19/h7-12,15,23H,5-6,13-14H2,1-4H3,(H,28,32). The molecular weight excluding hydrogens is 452 g/mol. The first-order chi connectivity index (χ1) is 16.4. The molecule has 3 aromatic rings. The number of carbonyl (C=O) groups is 1. The van der Waals surface area contributed by atoms with Crippen molar-refractivity contribution in [2.75, 3.05) is 19.8 Å². The van der Waals surface area contributed by atoms with E-state index < -0.39 is 6.04 Å². The lowest BCUT2D eigenvalue weighted by molar-refractivity contribution is 0.136. The van der Waals surface area contributed by atoms with Crippen molar-refractivity contribution in [3.05, 3.63) is 75.8 Å². The van der Waals surface area contributed by atoms with Crippen molar-refractivity contribution >= 4 is 23.2 Å². The molecule has 4 rings (SSSR count). The summed E-state index contributed by atoms with van der Waals surface area (Å²) in [5.41, 5.74) is 5.67. The van der Waals surface area contributed by atoms with E-state index in [0.717, 1.165) is 34.4 Å². The summed E-state index contributed by atoms with van der Waals surface area (Å²) >= 11 is 6.02. The largest absolute Gasteiger partial charge is 0.382 e. The maximum atomic E-state index is 13.1. The van der Waals surface area contributed by atoms with Gasteiger partial charge in [0.1, 0.15) is 0 Å². The van der Waals surface area contributed by atoms with E-state index in [9.17, 15) is 4.79 Å². The van der Waals surface area contributed by atoms with E-state index in [-0.39, 0.29) is 6.03 Å². The zero-order valence-electron chi connectivity index (χ0n) is 19.9. The van der Waals surface area contributed by atoms with Crippen molar-refractivity contribution in [1.82, 2.24) is 20.4 Å². The molecule has 0 fully saturated rings. The third-order valence-electron chi connectivity index (χ3n) is 6.09. The van der Waals surface area contributed by atoms with Gasteiger partial charge in [0.25, 0.3) is 5.89 Å². The van der Waals surface area contributed by atoms with Crippen LogP contribution in [-0.4, -0.2) is 40.8 Å². The zero-order chi connectivity index (χ0) is 24.2. The van der Waals surface area contributed by atoms with Crippen LogP contribution in [0.15, 0.2) is 52.7 Å². The van der Waals surface area contributed by atoms with Gasteiger partial charge in [-0.15, -0.1) is 0 Å². The summed E-state index contributed by atoms with van der Waals surface area (Å²) in [7, 11) is 0. The van der Waals surface area contributed by atoms with Gasteiger partial charge in [-0.3, -0.25) is 4.90 Å². The quantitative estimate of drug-likeness (QED) is 0.404. The number of halogens is 1. The highest BCUT2D eigenvalue weighted by Gasteiger charge is 2.35. The predicted octanol–water partition coefficient (Wildman–Crippen LogP) is 5.93. The summed E-state index contributed by atoms with van der Waals surface area (Å²) in [6.45, 7) is 9.77. The first-order valence-corrected chi connectivity index (χ1v) is 11.8. The monoisotopic (exact) mass is 480 g/mol. The normalized spacial score (nSPS) is 16.2. The van der Waals surface area contributed by atoms with Crippen LogP contribution >= 0.6 is 11.6 Å². The second kappa shape index (κ2) is 10.4. The average molecular weight is 481 g/mol. The zero-order valence-corrected chi connectivity index (χ0v) is 20.6. The second-order valence-corrected chi connectivity index (χ2v) is 8.79. The van der Waals surface area contributed by atoms with Crippen molar-refractivity contribution in [1.29, 1.82) is 0 Å². The van der Waals surface area contributed by atoms with Crippen LogP contribution in [0, 0.1) is 13.8 Å². The Morgan fingerprint density at radius 2 is 1.88 bits per heavy atom. The Labute approximate surface area is 204 Å². The van der Waals surface area contributed by atoms with E-state index in [1.807, 2.05) is 32.0 Å². The Bertz CT molecular complexity index is 1200. The topological polar surface area (TPSA) is 80.5 Å². The summed E-state index contributed by atoms with van der Waals surface area (Å²) in [6, 6.07) is 12.9. The molecule has 1 aliphatic heterocycles. The molecule has 0 aliphatic carbocycles. The molecule has 34 heavy (non-hydrogen) atoms. The van der Waals surface area contributed by atoms with Crippen molar-refractivity contribution in [3.63, 3.8) is 0 Å². The third kappa shape index (κ3) is 5.00. The molecule has 0 saturated heterocycles. The molecule has 2 aromatic carbocycles. The second-order valence-electron chi connectivity index (χ2n) is 8.36. The minimum Gasteiger partial charge on any atom is -0.382 e. The molecule has 7 nitrogen and oxygen atoms in total. The van der Waals surface area contributed by atoms with Gasteiger partial charge in [0, 0.05) is 36.0 Å². The Morgan fingerprint density at radius 3 is 2.59 bits per heavy atom. The van der Waals surface area contributed by atoms with Crippen LogP contribution in [-0.2, 0) is 4.74 Å². The average Bonchev–Trinajstić information content (AvgIpc) is 3.30. The maximum Gasteiger partial charge on any atom is 0.322 e. The van der Waals surface area contributed by atoms with E-state index >= 15 is 0 Å². The number of nitrogens with one attached hydrogen (secondary N) is 1. The fourth-order valence-electron chi connectivity index (χ4n) is 4.04. The van der Waals surface area contributed by atoms with Gasteiger partial charge in [0.05, 0.1) is 11.6 Å². The van der Waals surface area contributed by atoms with Crippen molar-refractivity contribution < 1.29 is 14.1 Å². The number of hydrogen-bond acceptors (Lipinski definition) is 5. The van der Waals surface area contributed by atoms with Crippen molar-refractivity contribution in [2.24, 2.45) is 0 Å². The molecule has 1 N–H and O–H groups in total. The maximum absolute atomic E-state index is 13.1. The van der Waals surface area contributed by atoms with Crippen LogP contribution in [0.1, 0.15) is 48.9 Å². The van der Waals surface area contributed by atoms with Gasteiger partial charge in [0.15, 0.2) is 0 Å². The van der Waals surface area contributed by atoms with Crippen LogP contribution < -0.4 is 5.32 Å². The number of urea groups is 1. The lowest BCUT2D eigenvalue weighted by atomic mass is 9.92. The molecule has 0 saturated carbocycles. The molecule has 2 heterocycles. The van der Waals surface area contributed by atoms with E-state index in [1.165, 1.54) is 5.56 Å². The van der Waals surface area contributed by atoms with Gasteiger partial charge in [-0.05, 0) is 75.1 Å². The Hall–Kier alpha value is -3.16. The molecular formula is C26H29ClN4O3. The van der Waals surface area contributed by atoms with Crippen LogP contribution in [0.25, 0.3) is 17.0 Å². The highest BCUT2D eigenvalue weighted by Crippen LogP contribution is 2.38. The minimum absolute atomic E-state index is 0.154. The van der Waals surface area contributed by atoms with E-state index in [2.05, 4.69) is 41.4 Å². The number of carbonyl (C=O) groups excluding carboxylic acids is 1. The summed E-state index contributed by atoms with van der Waals surface area (Å²) in [5.74, 6) is 0.839. The van der Waals surface area contributed by atoms with E-state index in [0.29, 0.717) is 36.5 Å². The molecule has 1 unspecified atom stereocenters. The van der Waals surface area contributed by atoms with Crippen LogP contribution in [0.2, 0.25) is 5.02 Å². The summed E-state index contributed by atoms with van der Waals surface area (Å²) in [6.07, 6.45) is 0.722. The van der Waals surface area contributed by atoms with Gasteiger partial charge >= 0.3 is 6.03 Å². The minimum atomic E-state index is -0.409. The van der Waals surface area contributed by atoms with Gasteiger partial charge in [0.2, 0.25) is 5.82 Å². The molecule has 0 bridgehead atoms. The van der Waals surface area contributed by atoms with Crippen LogP contribution in [0.5, 0.6) is 0 Å². The Kier molecular flexibility index (Phi) is 7.34. The molecule has 2 amide bonds. The number of rotatable bonds is 8. The number of ether oxygens (including phenoxy) is 1. The van der Waals surface area contributed by atoms with E-state index in [1.54, 1.807) is 17.0 Å². The van der Waals surface area contributed by atoms with Gasteiger partial charge < -0.3 is 14.6 Å². The summed E-state index contributed by atoms with van der Waals surface area (Å²) < 4.78 is 11.2. The van der Waals surface area contributed by atoms with Gasteiger partial charge in [-0.1, -0.05) is 35.0 Å². The first kappa shape index (κ1) is 24.0. The lowest BCUT2D eigenvalue weighted by Crippen LogP contribution is -2.46. The summed E-state index contributed by atoms with van der Waals surface area (Å²) in [5, 5.41) is 7.99. The van der Waals surface area contributed by atoms with Crippen molar-refractivity contribution in [3.8, 4) is 11.4 Å². The highest BCUT2D eigenvalue weighted by atomic mass is 35.5. The Morgan fingerprint density at radius 1 is 1.12 bits per heavy atom. The van der Waals surface area contributed by atoms with E-state index in [4.69, 9.17) is 20.9 Å². The molecule has 1 aromatic heterocycles. The number of allylic oxidation sites excluding steroid dienone is 1. The molecule has 1 aliphatic rings. The Balaban J connectivity index is 1.75. The first-order valence-electron chi connectivity index (χ1n) is 11.4. The number of hydrogen-bond donors (Lipinski definition) is 1. The molecule has 8 heteroatoms. The SMILES string of the molecule is CCOCCCN1C(=O)NC(c2ccc(C)c(C)c2)C(c2nc(-c3ccc(Cl)cc3)no2)=C1C. The number of benzene rings is 2. The molecule has 178 valence electrons. The number of nitrogens with zero attached hydrogens (tertiary/aromatic N) is 3. The fourth-order valence-corrected chi connectivity index (χ4v) is 4.17. The third-order valence-corrected chi connectivity index (χ3v) is 6.35. The van der Waals surface area contributed by atoms with Gasteiger partial charge in [-0.25, -0.2) is 4.79 Å². The van der Waals surface area contributed by atoms with Crippen LogP contribution in [0.3, 0.4) is 0 Å².